The zero-order valence-electron chi connectivity index (χ0n) is 12.5. The molecule has 1 aliphatic carbocycles. The van der Waals surface area contributed by atoms with Crippen LogP contribution in [0.15, 0.2) is 0 Å². The Morgan fingerprint density at radius 2 is 2.15 bits per heavy atom. The van der Waals surface area contributed by atoms with Crippen LogP contribution in [-0.4, -0.2) is 34.6 Å². The fourth-order valence-corrected chi connectivity index (χ4v) is 3.65. The molecular formula is C15H26O5. The highest BCUT2D eigenvalue weighted by Crippen LogP contribution is 2.47. The summed E-state index contributed by atoms with van der Waals surface area (Å²) in [4.78, 5) is 27.6. The monoisotopic (exact) mass is 286 g/mol. The molecule has 0 unspecified atom stereocenters. The van der Waals surface area contributed by atoms with E-state index in [4.69, 9.17) is 0 Å². The van der Waals surface area contributed by atoms with Gasteiger partial charge in [0.05, 0.1) is 0 Å². The fourth-order valence-electron chi connectivity index (χ4n) is 3.65. The number of hydrogen-bond donors (Lipinski definition) is 2. The maximum Gasteiger partial charge on any atom is 0.164 e. The molecule has 5 heteroatoms. The molecule has 0 aromatic heterocycles. The third kappa shape index (κ3) is 3.27. The van der Waals surface area contributed by atoms with Crippen molar-refractivity contribution in [3.8, 4) is 0 Å². The predicted octanol–water partition coefficient (Wildman–Crippen LogP) is 2.07. The number of aliphatic hydroxyl groups is 1. The van der Waals surface area contributed by atoms with Crippen molar-refractivity contribution in [2.75, 3.05) is 6.61 Å². The van der Waals surface area contributed by atoms with Gasteiger partial charge in [0.25, 0.3) is 0 Å². The standard InChI is InChI=1S/C15H26O5/c1-10-4-6-14(11(2)8-16)15(9-17,20-19)13(10)7-5-12(3)18/h9-11,13-14,16,19H,4-8H2,1-3H3/t10-,11+,13+,14+,15-/m1/s1. The maximum atomic E-state index is 11.7. The van der Waals surface area contributed by atoms with Crippen molar-refractivity contribution in [3.05, 3.63) is 0 Å². The van der Waals surface area contributed by atoms with Crippen LogP contribution < -0.4 is 0 Å². The number of aldehydes is 1. The van der Waals surface area contributed by atoms with Gasteiger partial charge in [0.2, 0.25) is 0 Å². The van der Waals surface area contributed by atoms with Crippen LogP contribution in [0.25, 0.3) is 0 Å². The Morgan fingerprint density at radius 3 is 2.60 bits per heavy atom. The van der Waals surface area contributed by atoms with Gasteiger partial charge in [-0.05, 0) is 38.0 Å². The van der Waals surface area contributed by atoms with Crippen molar-refractivity contribution in [2.24, 2.45) is 23.7 Å². The molecule has 0 aliphatic heterocycles. The number of carbonyl (C=O) groups excluding carboxylic acids is 2. The van der Waals surface area contributed by atoms with E-state index in [9.17, 15) is 20.0 Å². The Kier molecular flexibility index (Phi) is 6.30. The first-order valence-electron chi connectivity index (χ1n) is 7.32. The normalized spacial score (nSPS) is 35.5. The molecule has 0 aromatic carbocycles. The molecule has 0 bridgehead atoms. The lowest BCUT2D eigenvalue weighted by atomic mass is 9.60. The summed E-state index contributed by atoms with van der Waals surface area (Å²) in [6.45, 7) is 5.32. The highest BCUT2D eigenvalue weighted by atomic mass is 17.1. The Bertz CT molecular complexity index is 343. The lowest BCUT2D eigenvalue weighted by Crippen LogP contribution is -2.56. The summed E-state index contributed by atoms with van der Waals surface area (Å²) in [6.07, 6.45) is 3.18. The third-order valence-corrected chi connectivity index (χ3v) is 4.90. The van der Waals surface area contributed by atoms with Gasteiger partial charge in [0, 0.05) is 24.9 Å². The molecule has 2 N–H and O–H groups in total. The van der Waals surface area contributed by atoms with E-state index in [2.05, 4.69) is 4.89 Å². The van der Waals surface area contributed by atoms with E-state index < -0.39 is 5.60 Å². The van der Waals surface area contributed by atoms with Gasteiger partial charge in [0.1, 0.15) is 5.78 Å². The minimum absolute atomic E-state index is 0.0581. The first-order chi connectivity index (χ1) is 9.42. The average molecular weight is 286 g/mol. The van der Waals surface area contributed by atoms with Gasteiger partial charge < -0.3 is 9.90 Å². The predicted molar refractivity (Wildman–Crippen MR) is 74.1 cm³/mol. The summed E-state index contributed by atoms with van der Waals surface area (Å²) in [5, 5.41) is 18.8. The van der Waals surface area contributed by atoms with Gasteiger partial charge in [-0.2, -0.15) is 0 Å². The molecule has 0 aromatic rings. The molecular weight excluding hydrogens is 260 g/mol. The molecule has 116 valence electrons. The smallest absolute Gasteiger partial charge is 0.164 e. The zero-order chi connectivity index (χ0) is 15.3. The molecule has 0 saturated heterocycles. The van der Waals surface area contributed by atoms with E-state index >= 15 is 0 Å². The zero-order valence-corrected chi connectivity index (χ0v) is 12.5. The quantitative estimate of drug-likeness (QED) is 0.425. The van der Waals surface area contributed by atoms with E-state index in [1.807, 2.05) is 13.8 Å². The Morgan fingerprint density at radius 1 is 1.50 bits per heavy atom. The summed E-state index contributed by atoms with van der Waals surface area (Å²) in [5.41, 5.74) is -1.31. The van der Waals surface area contributed by atoms with Gasteiger partial charge in [-0.15, -0.1) is 0 Å². The van der Waals surface area contributed by atoms with Crippen LogP contribution in [0.1, 0.15) is 46.5 Å². The van der Waals surface area contributed by atoms with Crippen LogP contribution in [-0.2, 0) is 14.5 Å². The van der Waals surface area contributed by atoms with Crippen LogP contribution in [0.3, 0.4) is 0 Å². The van der Waals surface area contributed by atoms with E-state index in [1.54, 1.807) is 0 Å². The maximum absolute atomic E-state index is 11.7. The van der Waals surface area contributed by atoms with Crippen molar-refractivity contribution < 1.29 is 24.8 Å². The molecule has 0 amide bonds. The molecule has 1 saturated carbocycles. The summed E-state index contributed by atoms with van der Waals surface area (Å²) < 4.78 is 0. The molecule has 5 nitrogen and oxygen atoms in total. The van der Waals surface area contributed by atoms with Crippen LogP contribution in [0.5, 0.6) is 0 Å². The van der Waals surface area contributed by atoms with Gasteiger partial charge >= 0.3 is 0 Å². The van der Waals surface area contributed by atoms with Gasteiger partial charge in [-0.1, -0.05) is 13.8 Å². The number of aliphatic hydroxyl groups excluding tert-OH is 1. The van der Waals surface area contributed by atoms with Crippen LogP contribution in [0.2, 0.25) is 0 Å². The Labute approximate surface area is 120 Å². The van der Waals surface area contributed by atoms with Gasteiger partial charge in [0.15, 0.2) is 11.9 Å². The molecule has 0 radical (unpaired) electrons. The molecule has 1 aliphatic rings. The number of carbonyl (C=O) groups is 2. The highest BCUT2D eigenvalue weighted by molar-refractivity contribution is 5.75. The highest BCUT2D eigenvalue weighted by Gasteiger charge is 2.53. The van der Waals surface area contributed by atoms with E-state index in [0.717, 1.165) is 12.8 Å². The molecule has 5 atom stereocenters. The first kappa shape index (κ1) is 17.3. The molecule has 1 fully saturated rings. The van der Waals surface area contributed by atoms with Crippen LogP contribution in [0, 0.1) is 23.7 Å². The average Bonchev–Trinajstić information content (AvgIpc) is 2.44. The number of rotatable bonds is 7. The molecule has 0 spiro atoms. The SMILES string of the molecule is CC(=O)CC[C@H]1[C@H](C)CC[C@@H]([C@@H](C)CO)[C@]1(C=O)OO. The van der Waals surface area contributed by atoms with Crippen molar-refractivity contribution in [3.63, 3.8) is 0 Å². The summed E-state index contributed by atoms with van der Waals surface area (Å²) >= 11 is 0. The molecule has 20 heavy (non-hydrogen) atoms. The van der Waals surface area contributed by atoms with Crippen molar-refractivity contribution in [2.45, 2.75) is 52.1 Å². The minimum Gasteiger partial charge on any atom is -0.396 e. The second kappa shape index (κ2) is 7.29. The summed E-state index contributed by atoms with van der Waals surface area (Å²) in [6, 6.07) is 0. The Hall–Kier alpha value is -0.780. The Balaban J connectivity index is 3.06. The van der Waals surface area contributed by atoms with Gasteiger partial charge in [-0.25, -0.2) is 4.89 Å². The van der Waals surface area contributed by atoms with Crippen molar-refractivity contribution in [1.29, 1.82) is 0 Å². The summed E-state index contributed by atoms with van der Waals surface area (Å²) in [7, 11) is 0. The van der Waals surface area contributed by atoms with E-state index in [-0.39, 0.29) is 36.1 Å². The van der Waals surface area contributed by atoms with Crippen LogP contribution in [0.4, 0.5) is 0 Å². The van der Waals surface area contributed by atoms with E-state index in [1.165, 1.54) is 6.92 Å². The van der Waals surface area contributed by atoms with Crippen LogP contribution >= 0.6 is 0 Å². The second-order valence-electron chi connectivity index (χ2n) is 6.23. The number of ketones is 1. The van der Waals surface area contributed by atoms with E-state index in [0.29, 0.717) is 19.1 Å². The van der Waals surface area contributed by atoms with Gasteiger partial charge in [-0.3, -0.25) is 10.1 Å². The molecule has 1 rings (SSSR count). The first-order valence-corrected chi connectivity index (χ1v) is 7.32. The largest absolute Gasteiger partial charge is 0.396 e. The molecule has 0 heterocycles. The van der Waals surface area contributed by atoms with Crippen molar-refractivity contribution >= 4 is 12.1 Å². The fraction of sp³-hybridized carbons (Fsp3) is 0.867. The van der Waals surface area contributed by atoms with Crippen molar-refractivity contribution in [1.82, 2.24) is 0 Å². The number of Topliss-reactive ketones (excluding diaryl/α,β-unsaturated/α-hetero) is 1. The second-order valence-corrected chi connectivity index (χ2v) is 6.23. The number of hydrogen-bond acceptors (Lipinski definition) is 5. The topological polar surface area (TPSA) is 83.8 Å². The lowest BCUT2D eigenvalue weighted by molar-refractivity contribution is -0.348. The lowest BCUT2D eigenvalue weighted by Gasteiger charge is -2.48. The third-order valence-electron chi connectivity index (χ3n) is 4.90. The summed E-state index contributed by atoms with van der Waals surface area (Å²) in [5.74, 6) is -0.328. The minimum atomic E-state index is -1.31.